The third kappa shape index (κ3) is 4.24. The van der Waals surface area contributed by atoms with Crippen LogP contribution in [0.2, 0.25) is 5.02 Å². The van der Waals surface area contributed by atoms with Crippen LogP contribution >= 0.6 is 22.9 Å². The Balaban J connectivity index is 2.06. The minimum atomic E-state index is -0.292. The number of rotatable bonds is 6. The summed E-state index contributed by atoms with van der Waals surface area (Å²) in [7, 11) is 1.65. The van der Waals surface area contributed by atoms with Gasteiger partial charge in [-0.3, -0.25) is 4.79 Å². The number of halogens is 1. The smallest absolute Gasteiger partial charge is 0.279 e. The second kappa shape index (κ2) is 8.69. The number of aromatic nitrogens is 1. The molecule has 7 heteroatoms. The summed E-state index contributed by atoms with van der Waals surface area (Å²) in [6, 6.07) is 10.8. The molecule has 0 aliphatic carbocycles. The van der Waals surface area contributed by atoms with Gasteiger partial charge in [0, 0.05) is 24.2 Å². The first-order chi connectivity index (χ1) is 13.0. The average Bonchev–Trinajstić information content (AvgIpc) is 3.01. The lowest BCUT2D eigenvalue weighted by molar-refractivity contribution is 0.0997. The minimum absolute atomic E-state index is 0.292. The third-order valence-corrected chi connectivity index (χ3v) is 5.61. The highest BCUT2D eigenvalue weighted by molar-refractivity contribution is 7.16. The van der Waals surface area contributed by atoms with E-state index in [2.05, 4.69) is 4.99 Å². The van der Waals surface area contributed by atoms with Crippen LogP contribution in [0.25, 0.3) is 10.2 Å². The fraction of sp³-hybridized carbons (Fsp3) is 0.300. The third-order valence-electron chi connectivity index (χ3n) is 4.16. The van der Waals surface area contributed by atoms with Crippen molar-refractivity contribution >= 4 is 39.1 Å². The number of methoxy groups -OCH3 is 1. The molecule has 142 valence electrons. The van der Waals surface area contributed by atoms with Crippen LogP contribution in [-0.2, 0) is 11.3 Å². The van der Waals surface area contributed by atoms with Gasteiger partial charge in [0.2, 0.25) is 0 Å². The largest absolute Gasteiger partial charge is 0.494 e. The number of hydrogen-bond donors (Lipinski definition) is 0. The Morgan fingerprint density at radius 2 is 1.96 bits per heavy atom. The van der Waals surface area contributed by atoms with Crippen molar-refractivity contribution in [1.29, 1.82) is 0 Å². The lowest BCUT2D eigenvalue weighted by atomic mass is 10.2. The highest BCUT2D eigenvalue weighted by Crippen LogP contribution is 2.27. The monoisotopic (exact) mass is 404 g/mol. The average molecular weight is 405 g/mol. The number of amides is 1. The van der Waals surface area contributed by atoms with Crippen molar-refractivity contribution in [2.75, 3.05) is 20.3 Å². The van der Waals surface area contributed by atoms with Crippen LogP contribution in [0.15, 0.2) is 41.4 Å². The molecule has 0 N–H and O–H groups in total. The Labute approximate surface area is 166 Å². The fourth-order valence-corrected chi connectivity index (χ4v) is 4.07. The van der Waals surface area contributed by atoms with Crippen LogP contribution in [-0.4, -0.2) is 30.8 Å². The Hall–Kier alpha value is -2.15. The second-order valence-electron chi connectivity index (χ2n) is 5.92. The Bertz CT molecular complexity index is 1020. The van der Waals surface area contributed by atoms with Crippen molar-refractivity contribution in [3.8, 4) is 5.75 Å². The molecular formula is C20H21ClN2O3S. The number of thiazole rings is 1. The number of aryl methyl sites for hydroxylation is 1. The molecule has 0 aliphatic rings. The maximum Gasteiger partial charge on any atom is 0.279 e. The molecule has 0 saturated carbocycles. The van der Waals surface area contributed by atoms with Gasteiger partial charge in [0.15, 0.2) is 4.80 Å². The van der Waals surface area contributed by atoms with Gasteiger partial charge in [0.1, 0.15) is 5.75 Å². The molecule has 0 fully saturated rings. The normalized spacial score (nSPS) is 11.9. The van der Waals surface area contributed by atoms with Crippen molar-refractivity contribution in [1.82, 2.24) is 4.57 Å². The van der Waals surface area contributed by atoms with Gasteiger partial charge in [-0.1, -0.05) is 22.9 Å². The molecular weight excluding hydrogens is 384 g/mol. The van der Waals surface area contributed by atoms with Gasteiger partial charge >= 0.3 is 0 Å². The lowest BCUT2D eigenvalue weighted by Crippen LogP contribution is -2.19. The highest BCUT2D eigenvalue weighted by Gasteiger charge is 2.13. The molecule has 0 bridgehead atoms. The van der Waals surface area contributed by atoms with Crippen LogP contribution in [0, 0.1) is 6.92 Å². The molecule has 0 aliphatic heterocycles. The number of benzene rings is 2. The first-order valence-corrected chi connectivity index (χ1v) is 9.84. The number of nitrogens with zero attached hydrogens (tertiary/aromatic N) is 2. The molecule has 3 rings (SSSR count). The molecule has 3 aromatic rings. The van der Waals surface area contributed by atoms with Crippen molar-refractivity contribution in [3.05, 3.63) is 57.3 Å². The summed E-state index contributed by atoms with van der Waals surface area (Å²) in [6.45, 7) is 5.58. The molecule has 2 aromatic carbocycles. The van der Waals surface area contributed by atoms with Crippen LogP contribution in [0.5, 0.6) is 5.75 Å². The van der Waals surface area contributed by atoms with E-state index in [9.17, 15) is 4.79 Å². The van der Waals surface area contributed by atoms with E-state index in [-0.39, 0.29) is 5.91 Å². The number of carbonyl (C=O) groups is 1. The highest BCUT2D eigenvalue weighted by atomic mass is 35.5. The quantitative estimate of drug-likeness (QED) is 0.609. The van der Waals surface area contributed by atoms with Crippen LogP contribution < -0.4 is 9.54 Å². The number of carbonyl (C=O) groups excluding carboxylic acids is 1. The maximum atomic E-state index is 12.7. The van der Waals surface area contributed by atoms with E-state index in [1.807, 2.05) is 30.5 Å². The molecule has 0 saturated heterocycles. The van der Waals surface area contributed by atoms with Crippen LogP contribution in [0.4, 0.5) is 0 Å². The summed E-state index contributed by atoms with van der Waals surface area (Å²) in [5.74, 6) is 0.441. The standard InChI is InChI=1S/C20H21ClN2O3S/c1-4-26-15-7-5-14(6-8-15)19(24)22-20-23(11-12-25-3)18-13(2)16(21)9-10-17(18)27-20/h5-10H,4,11-12H2,1-3H3. The van der Waals surface area contributed by atoms with E-state index >= 15 is 0 Å². The van der Waals surface area contributed by atoms with E-state index in [1.54, 1.807) is 31.4 Å². The number of ether oxygens (including phenoxy) is 2. The van der Waals surface area contributed by atoms with Gasteiger partial charge in [-0.05, 0) is 55.8 Å². The summed E-state index contributed by atoms with van der Waals surface area (Å²) in [5, 5.41) is 0.691. The molecule has 1 heterocycles. The summed E-state index contributed by atoms with van der Waals surface area (Å²) >= 11 is 7.76. The first kappa shape index (κ1) is 19.6. The Morgan fingerprint density at radius 1 is 1.22 bits per heavy atom. The molecule has 0 radical (unpaired) electrons. The van der Waals surface area contributed by atoms with Crippen LogP contribution in [0.1, 0.15) is 22.8 Å². The number of fused-ring (bicyclic) bond motifs is 1. The fourth-order valence-electron chi connectivity index (χ4n) is 2.80. The van der Waals surface area contributed by atoms with E-state index in [0.29, 0.717) is 35.1 Å². The van der Waals surface area contributed by atoms with Crippen molar-refractivity contribution in [3.63, 3.8) is 0 Å². The molecule has 0 unspecified atom stereocenters. The zero-order chi connectivity index (χ0) is 19.4. The predicted octanol–water partition coefficient (Wildman–Crippen LogP) is 4.45. The van der Waals surface area contributed by atoms with E-state index < -0.39 is 0 Å². The molecule has 5 nitrogen and oxygen atoms in total. The van der Waals surface area contributed by atoms with Gasteiger partial charge in [0.25, 0.3) is 5.91 Å². The predicted molar refractivity (Wildman–Crippen MR) is 109 cm³/mol. The Morgan fingerprint density at radius 3 is 2.63 bits per heavy atom. The summed E-state index contributed by atoms with van der Waals surface area (Å²) in [4.78, 5) is 17.7. The topological polar surface area (TPSA) is 52.8 Å². The number of hydrogen-bond acceptors (Lipinski definition) is 4. The van der Waals surface area contributed by atoms with E-state index in [0.717, 1.165) is 21.5 Å². The summed E-state index contributed by atoms with van der Waals surface area (Å²) in [6.07, 6.45) is 0. The van der Waals surface area contributed by atoms with Gasteiger partial charge < -0.3 is 14.0 Å². The summed E-state index contributed by atoms with van der Waals surface area (Å²) in [5.41, 5.74) is 2.48. The van der Waals surface area contributed by atoms with Gasteiger partial charge in [0.05, 0.1) is 23.4 Å². The van der Waals surface area contributed by atoms with E-state index in [4.69, 9.17) is 21.1 Å². The molecule has 0 spiro atoms. The van der Waals surface area contributed by atoms with Gasteiger partial charge in [-0.2, -0.15) is 4.99 Å². The van der Waals surface area contributed by atoms with Gasteiger partial charge in [-0.15, -0.1) is 0 Å². The van der Waals surface area contributed by atoms with Crippen molar-refractivity contribution in [2.24, 2.45) is 4.99 Å². The van der Waals surface area contributed by atoms with Crippen LogP contribution in [0.3, 0.4) is 0 Å². The van der Waals surface area contributed by atoms with Crippen molar-refractivity contribution in [2.45, 2.75) is 20.4 Å². The minimum Gasteiger partial charge on any atom is -0.494 e. The van der Waals surface area contributed by atoms with Gasteiger partial charge in [-0.25, -0.2) is 0 Å². The van der Waals surface area contributed by atoms with E-state index in [1.165, 1.54) is 11.3 Å². The molecule has 0 atom stereocenters. The zero-order valence-corrected chi connectivity index (χ0v) is 17.1. The zero-order valence-electron chi connectivity index (χ0n) is 15.5. The second-order valence-corrected chi connectivity index (χ2v) is 7.34. The summed E-state index contributed by atoms with van der Waals surface area (Å²) < 4.78 is 13.7. The Kier molecular flexibility index (Phi) is 6.31. The SMILES string of the molecule is CCOc1ccc(C(=O)N=c2sc3ccc(Cl)c(C)c3n2CCOC)cc1. The molecule has 27 heavy (non-hydrogen) atoms. The first-order valence-electron chi connectivity index (χ1n) is 8.64. The molecule has 1 amide bonds. The molecule has 1 aromatic heterocycles. The lowest BCUT2D eigenvalue weighted by Gasteiger charge is -2.07. The maximum absolute atomic E-state index is 12.7. The van der Waals surface area contributed by atoms with Crippen molar-refractivity contribution < 1.29 is 14.3 Å².